The van der Waals surface area contributed by atoms with Gasteiger partial charge in [0.2, 0.25) is 6.30 Å². The Morgan fingerprint density at radius 1 is 1.03 bits per heavy atom. The number of amides is 1. The van der Waals surface area contributed by atoms with Gasteiger partial charge in [-0.05, 0) is 48.5 Å². The van der Waals surface area contributed by atoms with Crippen LogP contribution in [0.1, 0.15) is 10.4 Å². The second kappa shape index (κ2) is 10.4. The average Bonchev–Trinajstić information content (AvgIpc) is 2.78. The van der Waals surface area contributed by atoms with Crippen LogP contribution in [0.3, 0.4) is 0 Å². The van der Waals surface area contributed by atoms with Crippen molar-refractivity contribution < 1.29 is 41.0 Å². The monoisotopic (exact) mass is 487 g/mol. The second-order valence-corrected chi connectivity index (χ2v) is 6.74. The van der Waals surface area contributed by atoms with Crippen molar-refractivity contribution in [3.8, 4) is 22.7 Å². The first-order chi connectivity index (χ1) is 16.1. The van der Waals surface area contributed by atoms with E-state index >= 15 is 0 Å². The summed E-state index contributed by atoms with van der Waals surface area (Å²) < 4.78 is 82.2. The number of rotatable bonds is 8. The topological polar surface area (TPSA) is 93.4 Å². The van der Waals surface area contributed by atoms with Crippen LogP contribution in [-0.2, 0) is 0 Å². The number of aliphatic hydroxyl groups is 1. The maximum Gasteiger partial charge on any atom is 0.387 e. The molecule has 3 aromatic rings. The summed E-state index contributed by atoms with van der Waals surface area (Å²) in [6.45, 7) is -3.08. The first-order valence-electron chi connectivity index (χ1n) is 9.43. The van der Waals surface area contributed by atoms with Gasteiger partial charge in [0.25, 0.3) is 17.9 Å². The van der Waals surface area contributed by atoms with Crippen molar-refractivity contribution >= 4 is 5.91 Å². The summed E-state index contributed by atoms with van der Waals surface area (Å²) in [5, 5.41) is 14.6. The number of hydrogen-bond acceptors (Lipinski definition) is 5. The molecule has 0 bridgehead atoms. The van der Waals surface area contributed by atoms with E-state index in [2.05, 4.69) is 9.84 Å². The molecule has 0 aliphatic rings. The molecule has 0 saturated heterocycles. The van der Waals surface area contributed by atoms with E-state index in [0.717, 1.165) is 30.3 Å². The van der Waals surface area contributed by atoms with Crippen LogP contribution < -0.4 is 15.6 Å². The van der Waals surface area contributed by atoms with Gasteiger partial charge in [0.1, 0.15) is 17.1 Å². The molecule has 0 radical (unpaired) electrons. The minimum atomic E-state index is -3.51. The van der Waals surface area contributed by atoms with Crippen LogP contribution in [0, 0.1) is 5.82 Å². The van der Waals surface area contributed by atoms with Crippen LogP contribution in [-0.4, -0.2) is 46.2 Å². The Labute approximate surface area is 187 Å². The molecule has 34 heavy (non-hydrogen) atoms. The minimum absolute atomic E-state index is 0.109. The second-order valence-electron chi connectivity index (χ2n) is 6.74. The van der Waals surface area contributed by atoms with Gasteiger partial charge in [0.15, 0.2) is 6.10 Å². The SMILES string of the molecule is O=C(NC(F)C(O)C(F)F)c1cc(-c2ccc(OC(F)F)cc2)nn(-c2cccc(F)c2)c1=O. The molecule has 1 aromatic heterocycles. The zero-order valence-corrected chi connectivity index (χ0v) is 16.8. The van der Waals surface area contributed by atoms with E-state index in [4.69, 9.17) is 5.11 Å². The van der Waals surface area contributed by atoms with E-state index in [1.807, 2.05) is 0 Å². The van der Waals surface area contributed by atoms with Crippen molar-refractivity contribution in [2.24, 2.45) is 0 Å². The highest BCUT2D eigenvalue weighted by Gasteiger charge is 2.30. The van der Waals surface area contributed by atoms with Gasteiger partial charge >= 0.3 is 6.61 Å². The fourth-order valence-electron chi connectivity index (χ4n) is 2.80. The molecule has 2 N–H and O–H groups in total. The van der Waals surface area contributed by atoms with Crippen LogP contribution >= 0.6 is 0 Å². The number of alkyl halides is 5. The van der Waals surface area contributed by atoms with E-state index in [0.29, 0.717) is 4.68 Å². The van der Waals surface area contributed by atoms with E-state index < -0.39 is 48.3 Å². The molecule has 0 spiro atoms. The van der Waals surface area contributed by atoms with Gasteiger partial charge in [0.05, 0.1) is 11.4 Å². The molecule has 3 rings (SSSR count). The number of aromatic nitrogens is 2. The highest BCUT2D eigenvalue weighted by atomic mass is 19.3. The van der Waals surface area contributed by atoms with Gasteiger partial charge in [-0.25, -0.2) is 17.6 Å². The van der Waals surface area contributed by atoms with E-state index in [-0.39, 0.29) is 22.7 Å². The molecule has 180 valence electrons. The standard InChI is InChI=1S/C21H15F6N3O4/c22-11-2-1-3-12(8-11)30-20(33)14(19(32)28-18(25)16(31)17(23)24)9-15(29-30)10-4-6-13(7-5-10)34-21(26)27/h1-9,16-18,21,31H,(H,28,32). The molecular formula is C21H15F6N3O4. The van der Waals surface area contributed by atoms with Crippen molar-refractivity contribution in [1.29, 1.82) is 0 Å². The van der Waals surface area contributed by atoms with Crippen LogP contribution in [0.25, 0.3) is 16.9 Å². The summed E-state index contributed by atoms with van der Waals surface area (Å²) in [6, 6.07) is 10.2. The lowest BCUT2D eigenvalue weighted by molar-refractivity contribution is -0.0551. The average molecular weight is 487 g/mol. The fourth-order valence-corrected chi connectivity index (χ4v) is 2.80. The van der Waals surface area contributed by atoms with Gasteiger partial charge in [-0.1, -0.05) is 6.07 Å². The number of carbonyl (C=O) groups is 1. The Balaban J connectivity index is 2.09. The Morgan fingerprint density at radius 3 is 2.29 bits per heavy atom. The number of ether oxygens (including phenoxy) is 1. The summed E-state index contributed by atoms with van der Waals surface area (Å²) in [5.41, 5.74) is -1.97. The molecular weight excluding hydrogens is 472 g/mol. The quantitative estimate of drug-likeness (QED) is 0.376. The van der Waals surface area contributed by atoms with Crippen molar-refractivity contribution in [2.75, 3.05) is 0 Å². The predicted molar refractivity (Wildman–Crippen MR) is 106 cm³/mol. The zero-order valence-electron chi connectivity index (χ0n) is 16.8. The maximum absolute atomic E-state index is 13.9. The summed E-state index contributed by atoms with van der Waals surface area (Å²) in [7, 11) is 0. The number of hydrogen-bond donors (Lipinski definition) is 2. The molecule has 7 nitrogen and oxygen atoms in total. The molecule has 1 amide bonds. The van der Waals surface area contributed by atoms with Crippen LogP contribution in [0.15, 0.2) is 59.4 Å². The third-order valence-electron chi connectivity index (χ3n) is 4.41. The highest BCUT2D eigenvalue weighted by Crippen LogP contribution is 2.23. The molecule has 0 aliphatic carbocycles. The minimum Gasteiger partial charge on any atom is -0.435 e. The van der Waals surface area contributed by atoms with Gasteiger partial charge in [-0.15, -0.1) is 0 Å². The predicted octanol–water partition coefficient (Wildman–Crippen LogP) is 3.29. The lowest BCUT2D eigenvalue weighted by Crippen LogP contribution is -2.45. The van der Waals surface area contributed by atoms with Gasteiger partial charge in [-0.3, -0.25) is 9.59 Å². The van der Waals surface area contributed by atoms with Crippen molar-refractivity contribution in [1.82, 2.24) is 15.1 Å². The number of aliphatic hydroxyl groups excluding tert-OH is 1. The van der Waals surface area contributed by atoms with Crippen LogP contribution in [0.4, 0.5) is 26.3 Å². The summed E-state index contributed by atoms with van der Waals surface area (Å²) >= 11 is 0. The van der Waals surface area contributed by atoms with Crippen LogP contribution in [0.5, 0.6) is 5.75 Å². The summed E-state index contributed by atoms with van der Waals surface area (Å²) in [6.07, 6.45) is -9.27. The molecule has 1 heterocycles. The van der Waals surface area contributed by atoms with Crippen molar-refractivity contribution in [2.45, 2.75) is 25.4 Å². The highest BCUT2D eigenvalue weighted by molar-refractivity contribution is 5.95. The number of halogens is 6. The molecule has 2 aromatic carbocycles. The third kappa shape index (κ3) is 5.73. The summed E-state index contributed by atoms with van der Waals surface area (Å²) in [4.78, 5) is 25.3. The van der Waals surface area contributed by atoms with Gasteiger partial charge in [0, 0.05) is 5.56 Å². The fraction of sp³-hybridized carbons (Fsp3) is 0.190. The molecule has 0 saturated carbocycles. The summed E-state index contributed by atoms with van der Waals surface area (Å²) in [5.74, 6) is -2.40. The smallest absolute Gasteiger partial charge is 0.387 e. The Bertz CT molecular complexity index is 1220. The van der Waals surface area contributed by atoms with E-state index in [1.54, 1.807) is 0 Å². The van der Waals surface area contributed by atoms with Crippen LogP contribution in [0.2, 0.25) is 0 Å². The van der Waals surface area contributed by atoms with E-state index in [1.165, 1.54) is 29.6 Å². The van der Waals surface area contributed by atoms with E-state index in [9.17, 15) is 35.9 Å². The lowest BCUT2D eigenvalue weighted by atomic mass is 10.1. The van der Waals surface area contributed by atoms with Crippen molar-refractivity contribution in [3.05, 3.63) is 76.3 Å². The normalized spacial score (nSPS) is 13.1. The molecule has 2 unspecified atom stereocenters. The van der Waals surface area contributed by atoms with Gasteiger partial charge < -0.3 is 15.2 Å². The number of nitrogens with one attached hydrogen (secondary N) is 1. The largest absolute Gasteiger partial charge is 0.435 e. The Morgan fingerprint density at radius 2 is 1.71 bits per heavy atom. The Kier molecular flexibility index (Phi) is 7.56. The van der Waals surface area contributed by atoms with Crippen molar-refractivity contribution in [3.63, 3.8) is 0 Å². The number of benzene rings is 2. The third-order valence-corrected chi connectivity index (χ3v) is 4.41. The lowest BCUT2D eigenvalue weighted by Gasteiger charge is -2.17. The number of carbonyl (C=O) groups excluding carboxylic acids is 1. The first kappa shape index (κ1) is 24.8. The van der Waals surface area contributed by atoms with Gasteiger partial charge in [-0.2, -0.15) is 18.6 Å². The first-order valence-corrected chi connectivity index (χ1v) is 9.43. The number of nitrogens with zero attached hydrogens (tertiary/aromatic N) is 2. The molecule has 13 heteroatoms. The maximum atomic E-state index is 13.9. The molecule has 0 fully saturated rings. The Hall–Kier alpha value is -3.87. The molecule has 2 atom stereocenters. The molecule has 0 aliphatic heterocycles. The zero-order chi connectivity index (χ0) is 25.0.